The first-order valence-electron chi connectivity index (χ1n) is 25.1. The van der Waals surface area contributed by atoms with Crippen molar-refractivity contribution in [1.29, 1.82) is 0 Å². The minimum Gasteiger partial charge on any atom is -0.311 e. The molecule has 4 heteroatoms. The van der Waals surface area contributed by atoms with Crippen LogP contribution in [0.25, 0.3) is 42.4 Å². The first-order chi connectivity index (χ1) is 32.8. The summed E-state index contributed by atoms with van der Waals surface area (Å²) in [5, 5.41) is 2.68. The van der Waals surface area contributed by atoms with Crippen LogP contribution in [0.15, 0.2) is 152 Å². The fourth-order valence-electron chi connectivity index (χ4n) is 12.7. The van der Waals surface area contributed by atoms with Gasteiger partial charge in [-0.2, -0.15) is 0 Å². The second-order valence-corrected chi connectivity index (χ2v) is 25.0. The van der Waals surface area contributed by atoms with Gasteiger partial charge >= 0.3 is 0 Å². The molecule has 2 nitrogen and oxygen atoms in total. The highest BCUT2D eigenvalue weighted by molar-refractivity contribution is 7.26. The minimum atomic E-state index is -0.0200. The molecule has 3 aliphatic rings. The number of hydrogen-bond acceptors (Lipinski definition) is 3. The van der Waals surface area contributed by atoms with E-state index in [0.717, 1.165) is 6.42 Å². The zero-order valence-corrected chi connectivity index (χ0v) is 43.3. The number of fused-ring (bicyclic) bond motifs is 8. The normalized spacial score (nSPS) is 15.6. The van der Waals surface area contributed by atoms with Crippen molar-refractivity contribution in [2.24, 2.45) is 0 Å². The van der Waals surface area contributed by atoms with Gasteiger partial charge in [-0.25, -0.2) is 0 Å². The monoisotopic (exact) mass is 914 g/mol. The molecule has 0 N–H and O–H groups in total. The summed E-state index contributed by atoms with van der Waals surface area (Å²) < 4.78 is 2.66. The Balaban J connectivity index is 1.21. The highest BCUT2D eigenvalue weighted by atomic mass is 32.1. The maximum atomic E-state index is 2.68. The molecular formula is C65H63BN2S. The Labute approximate surface area is 414 Å². The number of rotatable bonds is 4. The van der Waals surface area contributed by atoms with Crippen LogP contribution in [0, 0.1) is 13.8 Å². The van der Waals surface area contributed by atoms with E-state index in [-0.39, 0.29) is 28.4 Å². The average molecular weight is 915 g/mol. The van der Waals surface area contributed by atoms with Crippen LogP contribution in [0.5, 0.6) is 0 Å². The van der Waals surface area contributed by atoms with E-state index >= 15 is 0 Å². The van der Waals surface area contributed by atoms with Crippen LogP contribution in [0.2, 0.25) is 0 Å². The van der Waals surface area contributed by atoms with Crippen LogP contribution >= 0.6 is 11.3 Å². The Morgan fingerprint density at radius 2 is 1.07 bits per heavy atom. The van der Waals surface area contributed by atoms with Gasteiger partial charge in [0.1, 0.15) is 0 Å². The van der Waals surface area contributed by atoms with Gasteiger partial charge < -0.3 is 9.80 Å². The molecule has 8 aromatic carbocycles. The molecule has 0 spiro atoms. The molecule has 69 heavy (non-hydrogen) atoms. The lowest BCUT2D eigenvalue weighted by atomic mass is 9.33. The summed E-state index contributed by atoms with van der Waals surface area (Å²) in [4.78, 5) is 5.29. The van der Waals surface area contributed by atoms with Crippen molar-refractivity contribution in [2.75, 3.05) is 9.80 Å². The quantitative estimate of drug-likeness (QED) is 0.162. The lowest BCUT2D eigenvalue weighted by molar-refractivity contribution is 0.403. The Morgan fingerprint density at radius 1 is 0.478 bits per heavy atom. The van der Waals surface area contributed by atoms with E-state index in [9.17, 15) is 0 Å². The molecule has 0 fully saturated rings. The summed E-state index contributed by atoms with van der Waals surface area (Å²) in [6.45, 7) is 28.4. The molecule has 0 saturated carbocycles. The van der Waals surface area contributed by atoms with Gasteiger partial charge in [0, 0.05) is 54.2 Å². The van der Waals surface area contributed by atoms with Crippen molar-refractivity contribution in [1.82, 2.24) is 0 Å². The summed E-state index contributed by atoms with van der Waals surface area (Å²) in [5.41, 5.74) is 24.8. The summed E-state index contributed by atoms with van der Waals surface area (Å²) in [6.07, 6.45) is 1.10. The SMILES string of the molecule is Cc1cc2c3c(c1)N(c1ccc(C(C)(C)C)cc1-c1ccccc1)c1cc4c(cc1B3c1cc(-c3cccc5sc6ccccc6c35)ccc1N2c1ccc(C(C)(C)C)cc1C)C(C)(C)CC4(C)C. The Kier molecular flexibility index (Phi) is 9.59. The smallest absolute Gasteiger partial charge is 0.252 e. The van der Waals surface area contributed by atoms with Crippen LogP contribution in [-0.4, -0.2) is 6.71 Å². The summed E-state index contributed by atoms with van der Waals surface area (Å²) in [5.74, 6) is 0. The predicted molar refractivity (Wildman–Crippen MR) is 302 cm³/mol. The first kappa shape index (κ1) is 43.9. The number of anilines is 6. The molecule has 0 radical (unpaired) electrons. The van der Waals surface area contributed by atoms with Crippen molar-refractivity contribution in [2.45, 2.75) is 111 Å². The van der Waals surface area contributed by atoms with Gasteiger partial charge in [0.25, 0.3) is 6.71 Å². The lowest BCUT2D eigenvalue weighted by Crippen LogP contribution is -2.61. The molecule has 0 atom stereocenters. The van der Waals surface area contributed by atoms with Gasteiger partial charge in [-0.05, 0) is 163 Å². The van der Waals surface area contributed by atoms with Crippen molar-refractivity contribution in [3.05, 3.63) is 185 Å². The molecule has 1 aromatic heterocycles. The molecular weight excluding hydrogens is 852 g/mol. The Hall–Kier alpha value is -6.36. The topological polar surface area (TPSA) is 6.48 Å². The molecule has 0 saturated heterocycles. The maximum Gasteiger partial charge on any atom is 0.252 e. The van der Waals surface area contributed by atoms with E-state index < -0.39 is 0 Å². The number of benzene rings is 8. The molecule has 9 aromatic rings. The number of aryl methyl sites for hydroxylation is 2. The van der Waals surface area contributed by atoms with Crippen molar-refractivity contribution in [3.63, 3.8) is 0 Å². The minimum absolute atomic E-state index is 0.0144. The van der Waals surface area contributed by atoms with E-state index in [2.05, 4.69) is 245 Å². The highest BCUT2D eigenvalue weighted by Crippen LogP contribution is 2.54. The van der Waals surface area contributed by atoms with E-state index in [1.165, 1.54) is 126 Å². The molecule has 0 bridgehead atoms. The van der Waals surface area contributed by atoms with Gasteiger partial charge in [-0.15, -0.1) is 11.3 Å². The van der Waals surface area contributed by atoms with E-state index in [1.807, 2.05) is 11.3 Å². The third kappa shape index (κ3) is 6.80. The van der Waals surface area contributed by atoms with Gasteiger partial charge in [0.2, 0.25) is 0 Å². The fraction of sp³-hybridized carbons (Fsp3) is 0.262. The highest BCUT2D eigenvalue weighted by Gasteiger charge is 2.48. The molecule has 342 valence electrons. The van der Waals surface area contributed by atoms with Crippen molar-refractivity contribution >= 4 is 88.7 Å². The standard InChI is InChI=1S/C65H63BN2S/c1-39-31-56-61-57(32-39)68(53-30-27-44(63(6,7)8)35-47(53)41-19-14-13-15-20-41)55-37-49-48(64(9,10)38-65(49,11)12)36-51(55)66(61)50-34-42(45-22-18-24-59-60(45)46-21-16-17-23-58(46)69-59)25-28-54(50)67(56)52-29-26-43(33-40(52)2)62(3,4)5/h13-37H,38H2,1-12H3. The van der Waals surface area contributed by atoms with Crippen molar-refractivity contribution in [3.8, 4) is 22.3 Å². The fourth-order valence-corrected chi connectivity index (χ4v) is 13.9. The molecule has 12 rings (SSSR count). The predicted octanol–water partition coefficient (Wildman–Crippen LogP) is 16.6. The van der Waals surface area contributed by atoms with Gasteiger partial charge in [-0.3, -0.25) is 0 Å². The van der Waals surface area contributed by atoms with Crippen LogP contribution < -0.4 is 26.2 Å². The van der Waals surface area contributed by atoms with E-state index in [4.69, 9.17) is 0 Å². The Morgan fingerprint density at radius 3 is 1.77 bits per heavy atom. The number of nitrogens with zero attached hydrogens (tertiary/aromatic N) is 2. The molecule has 0 amide bonds. The number of hydrogen-bond donors (Lipinski definition) is 0. The second-order valence-electron chi connectivity index (χ2n) is 23.9. The zero-order chi connectivity index (χ0) is 48.1. The van der Waals surface area contributed by atoms with E-state index in [1.54, 1.807) is 0 Å². The van der Waals surface area contributed by atoms with E-state index in [0.29, 0.717) is 0 Å². The first-order valence-corrected chi connectivity index (χ1v) is 25.9. The van der Waals surface area contributed by atoms with Crippen LogP contribution in [-0.2, 0) is 21.7 Å². The average Bonchev–Trinajstić information content (AvgIpc) is 3.77. The van der Waals surface area contributed by atoms with Gasteiger partial charge in [0.15, 0.2) is 0 Å². The number of thiophene rings is 1. The molecule has 1 aliphatic carbocycles. The van der Waals surface area contributed by atoms with Gasteiger partial charge in [0.05, 0.1) is 5.69 Å². The zero-order valence-electron chi connectivity index (χ0n) is 42.5. The van der Waals surface area contributed by atoms with Crippen LogP contribution in [0.1, 0.15) is 109 Å². The van der Waals surface area contributed by atoms with Crippen molar-refractivity contribution < 1.29 is 0 Å². The maximum absolute atomic E-state index is 2.68. The van der Waals surface area contributed by atoms with Crippen LogP contribution in [0.3, 0.4) is 0 Å². The summed E-state index contributed by atoms with van der Waals surface area (Å²) in [6, 6.07) is 59.1. The summed E-state index contributed by atoms with van der Waals surface area (Å²) in [7, 11) is 0. The third-order valence-electron chi connectivity index (χ3n) is 15.9. The Bertz CT molecular complexity index is 3600. The second kappa shape index (κ2) is 15.1. The molecule has 2 aliphatic heterocycles. The summed E-state index contributed by atoms with van der Waals surface area (Å²) >= 11 is 1.90. The molecule has 3 heterocycles. The van der Waals surface area contributed by atoms with Crippen LogP contribution in [0.4, 0.5) is 34.1 Å². The van der Waals surface area contributed by atoms with Gasteiger partial charge in [-0.1, -0.05) is 166 Å². The molecule has 0 unspecified atom stereocenters. The largest absolute Gasteiger partial charge is 0.311 e. The third-order valence-corrected chi connectivity index (χ3v) is 17.0. The lowest BCUT2D eigenvalue weighted by Gasteiger charge is -2.45.